The van der Waals surface area contributed by atoms with Crippen molar-refractivity contribution in [1.82, 2.24) is 0 Å². The molecular weight excluding hydrogens is 434 g/mol. The van der Waals surface area contributed by atoms with Crippen LogP contribution in [0.3, 0.4) is 0 Å². The van der Waals surface area contributed by atoms with Gasteiger partial charge >= 0.3 is 67.8 Å². The van der Waals surface area contributed by atoms with Crippen LogP contribution in [0.1, 0.15) is 41.5 Å². The van der Waals surface area contributed by atoms with Crippen LogP contribution in [0.5, 0.6) is 0 Å². The van der Waals surface area contributed by atoms with Gasteiger partial charge in [0.15, 0.2) is 0 Å². The van der Waals surface area contributed by atoms with Gasteiger partial charge in [-0.2, -0.15) is 0 Å². The fraction of sp³-hybridized carbons (Fsp3) is 0.500. The zero-order valence-electron chi connectivity index (χ0n) is 15.0. The van der Waals surface area contributed by atoms with Gasteiger partial charge in [-0.05, 0) is 0 Å². The fourth-order valence-corrected chi connectivity index (χ4v) is 0. The van der Waals surface area contributed by atoms with Crippen LogP contribution >= 0.6 is 0 Å². The van der Waals surface area contributed by atoms with Crippen molar-refractivity contribution in [2.75, 3.05) is 0 Å². The molecule has 2 radical (unpaired) electrons. The molecule has 0 aliphatic heterocycles. The molecule has 0 rings (SSSR count). The van der Waals surface area contributed by atoms with Crippen molar-refractivity contribution >= 4 is 0 Å². The fourth-order valence-electron chi connectivity index (χ4n) is 0. The van der Waals surface area contributed by atoms with E-state index in [9.17, 15) is 0 Å². The Balaban J connectivity index is -0.0000000150. The van der Waals surface area contributed by atoms with Crippen LogP contribution in [-0.4, -0.2) is 11.1 Å². The monoisotopic (exact) mass is 452 g/mol. The maximum atomic E-state index is 7.50. The molecule has 0 amide bonds. The molecule has 0 heterocycles. The Bertz CT molecular complexity index is 355. The van der Waals surface area contributed by atoms with Gasteiger partial charge in [-0.3, -0.25) is 0 Å². The molecule has 146 valence electrons. The Morgan fingerprint density at radius 3 is 0.462 bits per heavy atom. The van der Waals surface area contributed by atoms with E-state index in [-0.39, 0.29) is 44.6 Å². The molecule has 0 aromatic rings. The minimum absolute atomic E-state index is 0. The van der Waals surface area contributed by atoms with Crippen molar-refractivity contribution in [2.24, 2.45) is 0 Å². The maximum Gasteiger partial charge on any atom is 0 e. The second-order valence-corrected chi connectivity index (χ2v) is 4.57. The second-order valence-electron chi connectivity index (χ2n) is 4.57. The number of nitrogens with zero attached hydrogens (tertiary/aromatic N) is 2. The van der Waals surface area contributed by atoms with Crippen LogP contribution in [0, 0.1) is 53.0 Å². The molecule has 0 aliphatic rings. The van der Waals surface area contributed by atoms with Gasteiger partial charge in [-0.1, -0.05) is 0 Å². The van der Waals surface area contributed by atoms with E-state index in [1.54, 1.807) is 0 Å². The van der Waals surface area contributed by atoms with Crippen molar-refractivity contribution in [3.05, 3.63) is 62.7 Å². The average molecular weight is 452 g/mol. The van der Waals surface area contributed by atoms with Crippen molar-refractivity contribution in [1.29, 1.82) is 0 Å². The number of hydrogen-bond donors (Lipinski definition) is 0. The van der Waals surface area contributed by atoms with Gasteiger partial charge in [0.1, 0.15) is 0 Å². The minimum atomic E-state index is -0.167. The molecule has 0 aromatic carbocycles. The molecule has 8 nitrogen and oxygen atoms in total. The summed E-state index contributed by atoms with van der Waals surface area (Å²) >= 11 is 0. The van der Waals surface area contributed by atoms with Crippen molar-refractivity contribution in [2.45, 2.75) is 52.6 Å². The van der Waals surface area contributed by atoms with E-state index in [1.807, 2.05) is 41.5 Å². The first-order chi connectivity index (χ1) is 11.1. The molecule has 0 unspecified atom stereocenters. The quantitative estimate of drug-likeness (QED) is 0.395. The Morgan fingerprint density at radius 2 is 0.462 bits per heavy atom. The van der Waals surface area contributed by atoms with Crippen molar-refractivity contribution in [3.8, 4) is 0 Å². The second kappa shape index (κ2) is 76.3. The largest absolute Gasteiger partial charge is 0 e. The van der Waals surface area contributed by atoms with E-state index in [0.29, 0.717) is 0 Å². The molecule has 0 aromatic heterocycles. The molecule has 0 atom stereocenters. The molecule has 10 heteroatoms. The molecule has 26 heavy (non-hydrogen) atoms. The summed E-state index contributed by atoms with van der Waals surface area (Å²) in [6.07, 6.45) is 0. The smallest absolute Gasteiger partial charge is 0 e. The van der Waals surface area contributed by atoms with Crippen LogP contribution in [0.25, 0.3) is 9.69 Å². The first-order valence-electron chi connectivity index (χ1n) is 5.12. The van der Waals surface area contributed by atoms with Crippen LogP contribution in [0.2, 0.25) is 0 Å². The Labute approximate surface area is 176 Å². The normalized spacial score (nSPS) is 5.23. The van der Waals surface area contributed by atoms with E-state index >= 15 is 0 Å². The predicted molar refractivity (Wildman–Crippen MR) is 76.3 cm³/mol. The standard InChI is InChI=1S/2C5H9N.6CO.2Co/c2*1-5(2,3)6-4;6*1-2;;/h2*1-3H3;;;;;;;;. The minimum Gasteiger partial charge on any atom is 0 e. The molecule has 0 fully saturated rings. The first-order valence-corrected chi connectivity index (χ1v) is 5.12. The van der Waals surface area contributed by atoms with Gasteiger partial charge in [0.05, 0.1) is 0 Å². The summed E-state index contributed by atoms with van der Waals surface area (Å²) in [6.45, 7) is 51.3. The summed E-state index contributed by atoms with van der Waals surface area (Å²) in [5, 5.41) is 0. The van der Waals surface area contributed by atoms with Crippen LogP contribution in [-0.2, 0) is 61.5 Å². The Kier molecular flexibility index (Phi) is 189. The molecule has 0 saturated heterocycles. The average Bonchev–Trinajstić information content (AvgIpc) is 2.64. The van der Waals surface area contributed by atoms with Crippen LogP contribution < -0.4 is 0 Å². The van der Waals surface area contributed by atoms with E-state index in [2.05, 4.69) is 49.6 Å². The summed E-state index contributed by atoms with van der Waals surface area (Å²) in [7, 11) is 0. The van der Waals surface area contributed by atoms with Crippen molar-refractivity contribution < 1.29 is 61.5 Å². The van der Waals surface area contributed by atoms with E-state index in [1.165, 1.54) is 0 Å². The third kappa shape index (κ3) is 524. The number of hydrogen-bond acceptors (Lipinski definition) is 0. The van der Waals surface area contributed by atoms with Gasteiger partial charge in [0, 0.05) is 75.1 Å². The van der Waals surface area contributed by atoms with Crippen LogP contribution in [0.4, 0.5) is 0 Å². The van der Waals surface area contributed by atoms with Gasteiger partial charge in [0.25, 0.3) is 0 Å². The maximum absolute atomic E-state index is 7.50. The Hall–Kier alpha value is -1.57. The summed E-state index contributed by atoms with van der Waals surface area (Å²) < 4.78 is 45.0. The number of rotatable bonds is 0. The van der Waals surface area contributed by atoms with Gasteiger partial charge in [-0.25, -0.2) is 13.1 Å². The zero-order chi connectivity index (χ0) is 22.4. The summed E-state index contributed by atoms with van der Waals surface area (Å²) in [4.78, 5) is 6.54. The summed E-state index contributed by atoms with van der Waals surface area (Å²) in [5.41, 5.74) is -0.333. The zero-order valence-corrected chi connectivity index (χ0v) is 17.1. The van der Waals surface area contributed by atoms with E-state index in [0.717, 1.165) is 0 Å². The SMILES string of the molecule is [C-]#[N+]C(C)(C)C.[C-]#[N+]C(C)(C)C.[C-]#[O+].[C-]#[O+].[C-]#[O+].[C-]#[O+].[C-]#[O+].[C-]#[O+].[Co].[Co]. The summed E-state index contributed by atoms with van der Waals surface area (Å²) in [6, 6.07) is 0. The third-order valence-corrected chi connectivity index (χ3v) is 0.671. The van der Waals surface area contributed by atoms with Gasteiger partial charge < -0.3 is 9.69 Å². The molecular formula is C16H18Co2N2O6. The van der Waals surface area contributed by atoms with Crippen LogP contribution in [0.15, 0.2) is 0 Å². The summed E-state index contributed by atoms with van der Waals surface area (Å²) in [5.74, 6) is 0. The van der Waals surface area contributed by atoms with Gasteiger partial charge in [0.2, 0.25) is 11.1 Å². The predicted octanol–water partition coefficient (Wildman–Crippen LogP) is 3.18. The molecule has 0 aliphatic carbocycles. The first kappa shape index (κ1) is 64.4. The van der Waals surface area contributed by atoms with E-state index < -0.39 is 0 Å². The molecule has 0 saturated carbocycles. The molecule has 0 spiro atoms. The van der Waals surface area contributed by atoms with E-state index in [4.69, 9.17) is 41.1 Å². The molecule has 0 bridgehead atoms. The van der Waals surface area contributed by atoms with Crippen molar-refractivity contribution in [3.63, 3.8) is 0 Å². The Morgan fingerprint density at radius 1 is 0.423 bits per heavy atom. The van der Waals surface area contributed by atoms with Gasteiger partial charge in [-0.15, -0.1) is 0 Å². The third-order valence-electron chi connectivity index (χ3n) is 0.671. The topological polar surface area (TPSA) is 128 Å². The molecule has 0 N–H and O–H groups in total.